The molecule has 0 atom stereocenters. The van der Waals surface area contributed by atoms with Crippen LogP contribution < -0.4 is 5.32 Å². The monoisotopic (exact) mass is 332 g/mol. The van der Waals surface area contributed by atoms with E-state index in [-0.39, 0.29) is 11.3 Å². The number of benzene rings is 2. The summed E-state index contributed by atoms with van der Waals surface area (Å²) in [5.74, 6) is -0.185. The summed E-state index contributed by atoms with van der Waals surface area (Å²) >= 11 is 0. The summed E-state index contributed by atoms with van der Waals surface area (Å²) in [6.07, 6.45) is 0. The van der Waals surface area contributed by atoms with E-state index < -0.39 is 0 Å². The smallest absolute Gasteiger partial charge is 0.255 e. The van der Waals surface area contributed by atoms with Gasteiger partial charge in [0.2, 0.25) is 0 Å². The largest absolute Gasteiger partial charge is 0.324 e. The Morgan fingerprint density at radius 1 is 1.00 bits per heavy atom. The van der Waals surface area contributed by atoms with Gasteiger partial charge in [-0.2, -0.15) is 5.26 Å². The van der Waals surface area contributed by atoms with Crippen molar-refractivity contribution in [2.75, 3.05) is 0 Å². The summed E-state index contributed by atoms with van der Waals surface area (Å²) in [4.78, 5) is 12.9. The minimum absolute atomic E-state index is 0.185. The van der Waals surface area contributed by atoms with Crippen LogP contribution in [0.5, 0.6) is 0 Å². The second kappa shape index (κ2) is 7.36. The Balaban J connectivity index is 2.53. The Hall–Kier alpha value is -2.86. The maximum absolute atomic E-state index is 12.9. The highest BCUT2D eigenvalue weighted by Gasteiger charge is 2.25. The first kappa shape index (κ1) is 18.5. The van der Waals surface area contributed by atoms with Gasteiger partial charge in [-0.1, -0.05) is 63.2 Å². The molecule has 0 fully saturated rings. The van der Waals surface area contributed by atoms with Gasteiger partial charge in [-0.25, -0.2) is 0 Å². The van der Waals surface area contributed by atoms with Crippen LogP contribution in [0.25, 0.3) is 5.57 Å². The first-order chi connectivity index (χ1) is 11.8. The number of nitrogens with zero attached hydrogens (tertiary/aromatic N) is 1. The first-order valence-electron chi connectivity index (χ1n) is 8.33. The van der Waals surface area contributed by atoms with Crippen LogP contribution in [-0.2, 0) is 0 Å². The predicted molar refractivity (Wildman–Crippen MR) is 102 cm³/mol. The Labute approximate surface area is 150 Å². The molecule has 1 amide bonds. The number of nitriles is 1. The maximum Gasteiger partial charge on any atom is 0.255 e. The zero-order chi connectivity index (χ0) is 18.6. The van der Waals surface area contributed by atoms with Crippen molar-refractivity contribution in [1.82, 2.24) is 5.32 Å². The lowest BCUT2D eigenvalue weighted by Crippen LogP contribution is -2.31. The van der Waals surface area contributed by atoms with Gasteiger partial charge < -0.3 is 5.32 Å². The van der Waals surface area contributed by atoms with Gasteiger partial charge >= 0.3 is 0 Å². The van der Waals surface area contributed by atoms with Gasteiger partial charge in [0.25, 0.3) is 5.91 Å². The molecular weight excluding hydrogens is 308 g/mol. The first-order valence-corrected chi connectivity index (χ1v) is 8.33. The lowest BCUT2D eigenvalue weighted by molar-refractivity contribution is 0.0957. The fourth-order valence-corrected chi connectivity index (χ4v) is 2.67. The molecule has 0 heterocycles. The number of carbonyl (C=O) groups excluding carboxylic acids is 1. The molecule has 0 aliphatic rings. The van der Waals surface area contributed by atoms with Gasteiger partial charge in [-0.3, -0.25) is 4.79 Å². The van der Waals surface area contributed by atoms with Crippen molar-refractivity contribution < 1.29 is 4.79 Å². The number of nitrogens with one attached hydrogen (secondary N) is 1. The van der Waals surface area contributed by atoms with Gasteiger partial charge in [0.05, 0.1) is 5.57 Å². The third-order valence-electron chi connectivity index (χ3n) is 4.26. The normalized spacial score (nSPS) is 12.2. The Morgan fingerprint density at radius 2 is 1.64 bits per heavy atom. The van der Waals surface area contributed by atoms with Crippen molar-refractivity contribution in [3.8, 4) is 6.07 Å². The SMILES string of the molecule is Cc1cccc(C(=O)NC(=C(C#N)c2ccccc2)C(C)(C)C)c1C. The van der Waals surface area contributed by atoms with E-state index in [4.69, 9.17) is 0 Å². The van der Waals surface area contributed by atoms with Gasteiger partial charge in [0.1, 0.15) is 6.07 Å². The van der Waals surface area contributed by atoms with Crippen molar-refractivity contribution in [3.05, 3.63) is 76.5 Å². The van der Waals surface area contributed by atoms with Crippen LogP contribution in [0, 0.1) is 30.6 Å². The third kappa shape index (κ3) is 4.16. The van der Waals surface area contributed by atoms with Crippen LogP contribution in [0.4, 0.5) is 0 Å². The van der Waals surface area contributed by atoms with Gasteiger partial charge in [-0.05, 0) is 36.6 Å². The minimum atomic E-state index is -0.381. The molecule has 0 saturated heterocycles. The van der Waals surface area contributed by atoms with E-state index in [0.29, 0.717) is 16.8 Å². The molecule has 0 radical (unpaired) electrons. The summed E-state index contributed by atoms with van der Waals surface area (Å²) in [6.45, 7) is 9.90. The van der Waals surface area contributed by atoms with Crippen LogP contribution in [-0.4, -0.2) is 5.91 Å². The van der Waals surface area contributed by atoms with Crippen LogP contribution in [0.3, 0.4) is 0 Å². The molecule has 128 valence electrons. The average molecular weight is 332 g/mol. The van der Waals surface area contributed by atoms with E-state index in [1.54, 1.807) is 0 Å². The van der Waals surface area contributed by atoms with E-state index >= 15 is 0 Å². The number of rotatable bonds is 3. The molecular formula is C22H24N2O. The molecule has 0 saturated carbocycles. The van der Waals surface area contributed by atoms with E-state index in [1.165, 1.54) is 0 Å². The van der Waals surface area contributed by atoms with Gasteiger partial charge in [0, 0.05) is 16.7 Å². The van der Waals surface area contributed by atoms with Crippen LogP contribution in [0.15, 0.2) is 54.2 Å². The molecule has 1 N–H and O–H groups in total. The summed E-state index contributed by atoms with van der Waals surface area (Å²) in [5.41, 5.74) is 4.19. The van der Waals surface area contributed by atoms with Crippen molar-refractivity contribution in [2.45, 2.75) is 34.6 Å². The maximum atomic E-state index is 12.9. The molecule has 0 aliphatic heterocycles. The summed E-state index contributed by atoms with van der Waals surface area (Å²) in [6, 6.07) is 17.4. The van der Waals surface area contributed by atoms with Gasteiger partial charge in [-0.15, -0.1) is 0 Å². The Kier molecular flexibility index (Phi) is 5.44. The molecule has 25 heavy (non-hydrogen) atoms. The minimum Gasteiger partial charge on any atom is -0.324 e. The number of allylic oxidation sites excluding steroid dienone is 2. The van der Waals surface area contributed by atoms with Crippen LogP contribution >= 0.6 is 0 Å². The van der Waals surface area contributed by atoms with Crippen molar-refractivity contribution in [3.63, 3.8) is 0 Å². The van der Waals surface area contributed by atoms with Crippen molar-refractivity contribution >= 4 is 11.5 Å². The number of carbonyl (C=O) groups is 1. The molecule has 2 aromatic carbocycles. The fourth-order valence-electron chi connectivity index (χ4n) is 2.67. The van der Waals surface area contributed by atoms with E-state index in [1.807, 2.05) is 83.1 Å². The molecule has 0 aliphatic carbocycles. The number of amides is 1. The number of hydrogen-bond acceptors (Lipinski definition) is 2. The quantitative estimate of drug-likeness (QED) is 0.803. The van der Waals surface area contributed by atoms with Gasteiger partial charge in [0.15, 0.2) is 0 Å². The summed E-state index contributed by atoms with van der Waals surface area (Å²) in [7, 11) is 0. The summed E-state index contributed by atoms with van der Waals surface area (Å²) in [5, 5.41) is 12.7. The highest BCUT2D eigenvalue weighted by atomic mass is 16.1. The number of hydrogen-bond donors (Lipinski definition) is 1. The molecule has 3 heteroatoms. The Morgan fingerprint density at radius 3 is 2.20 bits per heavy atom. The van der Waals surface area contributed by atoms with E-state index in [0.717, 1.165) is 16.7 Å². The van der Waals surface area contributed by atoms with Crippen molar-refractivity contribution in [1.29, 1.82) is 5.26 Å². The second-order valence-electron chi connectivity index (χ2n) is 7.18. The lowest BCUT2D eigenvalue weighted by atomic mass is 9.86. The zero-order valence-corrected chi connectivity index (χ0v) is 15.5. The molecule has 3 nitrogen and oxygen atoms in total. The highest BCUT2D eigenvalue weighted by molar-refractivity contribution is 5.98. The fraction of sp³-hybridized carbons (Fsp3) is 0.273. The average Bonchev–Trinajstić information content (AvgIpc) is 2.57. The van der Waals surface area contributed by atoms with Crippen LogP contribution in [0.1, 0.15) is 47.8 Å². The zero-order valence-electron chi connectivity index (χ0n) is 15.5. The van der Waals surface area contributed by atoms with Crippen LogP contribution in [0.2, 0.25) is 0 Å². The predicted octanol–water partition coefficient (Wildman–Crippen LogP) is 5.01. The molecule has 0 spiro atoms. The standard InChI is InChI=1S/C22H24N2O/c1-15-10-9-13-18(16(15)2)21(25)24-20(22(3,4)5)19(14-23)17-11-7-6-8-12-17/h6-13H,1-5H3,(H,24,25). The van der Waals surface area contributed by atoms with Crippen molar-refractivity contribution in [2.24, 2.45) is 5.41 Å². The summed E-state index contributed by atoms with van der Waals surface area (Å²) < 4.78 is 0. The third-order valence-corrected chi connectivity index (χ3v) is 4.26. The molecule has 0 bridgehead atoms. The van der Waals surface area contributed by atoms with E-state index in [9.17, 15) is 10.1 Å². The molecule has 0 aromatic heterocycles. The Bertz CT molecular complexity index is 850. The molecule has 2 aromatic rings. The highest BCUT2D eigenvalue weighted by Crippen LogP contribution is 2.31. The molecule has 0 unspecified atom stereocenters. The number of aryl methyl sites for hydroxylation is 1. The van der Waals surface area contributed by atoms with E-state index in [2.05, 4.69) is 11.4 Å². The lowest BCUT2D eigenvalue weighted by Gasteiger charge is -2.26. The topological polar surface area (TPSA) is 52.9 Å². The molecule has 2 rings (SSSR count). The second-order valence-corrected chi connectivity index (χ2v) is 7.18.